The third kappa shape index (κ3) is 4.54. The molecule has 1 N–H and O–H groups in total. The number of nitrogens with one attached hydrogen (secondary N) is 1. The highest BCUT2D eigenvalue weighted by atomic mass is 32.2. The molecule has 2 aromatic carbocycles. The van der Waals surface area contributed by atoms with E-state index in [0.717, 1.165) is 30.3 Å². The van der Waals surface area contributed by atoms with Crippen molar-refractivity contribution in [2.75, 3.05) is 5.32 Å². The van der Waals surface area contributed by atoms with Crippen LogP contribution in [0.25, 0.3) is 0 Å². The molecule has 0 atom stereocenters. The predicted molar refractivity (Wildman–Crippen MR) is 100 cm³/mol. The minimum absolute atomic E-state index is 0.214. The highest BCUT2D eigenvalue weighted by Crippen LogP contribution is 2.19. The summed E-state index contributed by atoms with van der Waals surface area (Å²) in [6, 6.07) is 10.1. The Bertz CT molecular complexity index is 1260. The van der Waals surface area contributed by atoms with Gasteiger partial charge >= 0.3 is 0 Å². The highest BCUT2D eigenvalue weighted by molar-refractivity contribution is 7.91. The summed E-state index contributed by atoms with van der Waals surface area (Å²) in [4.78, 5) is 23.9. The predicted octanol–water partition coefficient (Wildman–Crippen LogP) is 2.30. The topological polar surface area (TPSA) is 98.1 Å². The average Bonchev–Trinajstić information content (AvgIpc) is 2.66. The summed E-state index contributed by atoms with van der Waals surface area (Å²) in [5.74, 6) is -2.00. The Morgan fingerprint density at radius 2 is 1.79 bits per heavy atom. The van der Waals surface area contributed by atoms with Crippen molar-refractivity contribution in [2.45, 2.75) is 23.4 Å². The van der Waals surface area contributed by atoms with Crippen LogP contribution in [0.2, 0.25) is 0 Å². The Balaban J connectivity index is 1.88. The Hall–Kier alpha value is -3.40. The summed E-state index contributed by atoms with van der Waals surface area (Å²) in [5, 5.41) is 5.66. The summed E-state index contributed by atoms with van der Waals surface area (Å²) in [7, 11) is -4.20. The lowest BCUT2D eigenvalue weighted by Crippen LogP contribution is -2.30. The number of hydrogen-bond acceptors (Lipinski definition) is 5. The van der Waals surface area contributed by atoms with Gasteiger partial charge in [-0.15, -0.1) is 0 Å². The molecule has 0 unspecified atom stereocenters. The number of aromatic nitrogens is 2. The molecule has 0 aliphatic carbocycles. The first kappa shape index (κ1) is 20.3. The van der Waals surface area contributed by atoms with Crippen LogP contribution < -0.4 is 10.9 Å². The van der Waals surface area contributed by atoms with E-state index in [4.69, 9.17) is 0 Å². The molecular weight excluding hydrogens is 404 g/mol. The maximum Gasteiger partial charge on any atom is 0.267 e. The van der Waals surface area contributed by atoms with Crippen LogP contribution in [0, 0.1) is 18.6 Å². The molecule has 0 saturated carbocycles. The fourth-order valence-electron chi connectivity index (χ4n) is 2.50. The van der Waals surface area contributed by atoms with Gasteiger partial charge in [-0.25, -0.2) is 21.9 Å². The normalized spacial score (nSPS) is 11.3. The molecular formula is C19H15F2N3O4S. The summed E-state index contributed by atoms with van der Waals surface area (Å²) < 4.78 is 52.6. The fourth-order valence-corrected chi connectivity index (χ4v) is 3.72. The van der Waals surface area contributed by atoms with Crippen LogP contribution in [0.5, 0.6) is 0 Å². The van der Waals surface area contributed by atoms with Crippen molar-refractivity contribution in [1.29, 1.82) is 0 Å². The van der Waals surface area contributed by atoms with Gasteiger partial charge in [0, 0.05) is 11.8 Å². The standard InChI is InChI=1S/C19H15F2N3O4S/c1-12-5-6-14(21)10-16(12)22-17(25)11-24-19(26)8-7-18(23-24)29(27,28)15-4-2-3-13(20)9-15/h2-10H,11H2,1H3,(H,22,25). The van der Waals surface area contributed by atoms with E-state index in [1.165, 1.54) is 24.3 Å². The zero-order chi connectivity index (χ0) is 21.2. The molecule has 1 heterocycles. The van der Waals surface area contributed by atoms with Crippen LogP contribution >= 0.6 is 0 Å². The zero-order valence-corrected chi connectivity index (χ0v) is 15.9. The molecule has 3 rings (SSSR count). The highest BCUT2D eigenvalue weighted by Gasteiger charge is 2.21. The molecule has 29 heavy (non-hydrogen) atoms. The molecule has 0 saturated heterocycles. The summed E-state index contributed by atoms with van der Waals surface area (Å²) >= 11 is 0. The molecule has 0 bridgehead atoms. The number of hydrogen-bond donors (Lipinski definition) is 1. The number of nitrogens with zero attached hydrogens (tertiary/aromatic N) is 2. The molecule has 0 spiro atoms. The monoisotopic (exact) mass is 419 g/mol. The minimum Gasteiger partial charge on any atom is -0.324 e. The lowest BCUT2D eigenvalue weighted by atomic mass is 10.2. The van der Waals surface area contributed by atoms with Gasteiger partial charge < -0.3 is 5.32 Å². The lowest BCUT2D eigenvalue weighted by Gasteiger charge is -2.10. The third-order valence-corrected chi connectivity index (χ3v) is 5.63. The number of sulfone groups is 1. The van der Waals surface area contributed by atoms with Crippen molar-refractivity contribution in [3.63, 3.8) is 0 Å². The molecule has 150 valence electrons. The van der Waals surface area contributed by atoms with Gasteiger partial charge in [-0.1, -0.05) is 12.1 Å². The van der Waals surface area contributed by atoms with Gasteiger partial charge in [-0.3, -0.25) is 9.59 Å². The molecule has 1 aromatic heterocycles. The molecule has 0 fully saturated rings. The third-order valence-electron chi connectivity index (χ3n) is 3.99. The van der Waals surface area contributed by atoms with Crippen molar-refractivity contribution in [2.24, 2.45) is 0 Å². The van der Waals surface area contributed by atoms with E-state index >= 15 is 0 Å². The van der Waals surface area contributed by atoms with Crippen LogP contribution in [0.1, 0.15) is 5.56 Å². The second-order valence-electron chi connectivity index (χ2n) is 6.14. The summed E-state index contributed by atoms with van der Waals surface area (Å²) in [5.41, 5.74) is 0.100. The Morgan fingerprint density at radius 1 is 1.07 bits per heavy atom. The molecule has 0 aliphatic heterocycles. The summed E-state index contributed by atoms with van der Waals surface area (Å²) in [6.07, 6.45) is 0. The van der Waals surface area contributed by atoms with Crippen LogP contribution in [-0.4, -0.2) is 24.1 Å². The number of benzene rings is 2. The van der Waals surface area contributed by atoms with Crippen molar-refractivity contribution in [3.8, 4) is 0 Å². The van der Waals surface area contributed by atoms with E-state index < -0.39 is 44.5 Å². The maximum atomic E-state index is 13.4. The van der Waals surface area contributed by atoms with Gasteiger partial charge in [0.1, 0.15) is 18.2 Å². The van der Waals surface area contributed by atoms with Gasteiger partial charge in [-0.05, 0) is 48.9 Å². The van der Waals surface area contributed by atoms with Gasteiger partial charge in [0.15, 0.2) is 5.03 Å². The fraction of sp³-hybridized carbons (Fsp3) is 0.105. The quantitative estimate of drug-likeness (QED) is 0.684. The smallest absolute Gasteiger partial charge is 0.267 e. The molecule has 0 aliphatic rings. The van der Waals surface area contributed by atoms with Crippen LogP contribution in [0.4, 0.5) is 14.5 Å². The lowest BCUT2D eigenvalue weighted by molar-refractivity contribution is -0.117. The molecule has 0 radical (unpaired) electrons. The number of aryl methyl sites for hydroxylation is 1. The average molecular weight is 419 g/mol. The number of halogens is 2. The van der Waals surface area contributed by atoms with Gasteiger partial charge in [-0.2, -0.15) is 5.10 Å². The van der Waals surface area contributed by atoms with Crippen molar-refractivity contribution < 1.29 is 22.0 Å². The summed E-state index contributed by atoms with van der Waals surface area (Å²) in [6.45, 7) is 1.06. The van der Waals surface area contributed by atoms with Crippen LogP contribution in [-0.2, 0) is 21.2 Å². The number of carbonyl (C=O) groups excluding carboxylic acids is 1. The molecule has 3 aromatic rings. The Morgan fingerprint density at radius 3 is 2.52 bits per heavy atom. The number of anilines is 1. The van der Waals surface area contributed by atoms with E-state index in [-0.39, 0.29) is 10.6 Å². The van der Waals surface area contributed by atoms with Crippen LogP contribution in [0.15, 0.2) is 69.3 Å². The van der Waals surface area contributed by atoms with Crippen molar-refractivity contribution in [1.82, 2.24) is 9.78 Å². The largest absolute Gasteiger partial charge is 0.324 e. The second kappa shape index (κ2) is 7.92. The number of rotatable bonds is 5. The van der Waals surface area contributed by atoms with E-state index in [0.29, 0.717) is 10.2 Å². The minimum atomic E-state index is -4.20. The van der Waals surface area contributed by atoms with E-state index in [1.54, 1.807) is 6.92 Å². The zero-order valence-electron chi connectivity index (χ0n) is 15.1. The SMILES string of the molecule is Cc1ccc(F)cc1NC(=O)Cn1nc(S(=O)(=O)c2cccc(F)c2)ccc1=O. The Kier molecular flexibility index (Phi) is 5.55. The first-order valence-electron chi connectivity index (χ1n) is 8.31. The number of amides is 1. The van der Waals surface area contributed by atoms with E-state index in [9.17, 15) is 26.8 Å². The molecule has 1 amide bonds. The second-order valence-corrected chi connectivity index (χ2v) is 8.03. The van der Waals surface area contributed by atoms with Gasteiger partial charge in [0.2, 0.25) is 15.7 Å². The Labute approximate surface area is 164 Å². The van der Waals surface area contributed by atoms with Crippen molar-refractivity contribution >= 4 is 21.4 Å². The van der Waals surface area contributed by atoms with E-state index in [2.05, 4.69) is 10.4 Å². The molecule has 7 nitrogen and oxygen atoms in total. The van der Waals surface area contributed by atoms with Gasteiger partial charge in [0.05, 0.1) is 4.90 Å². The molecule has 10 heteroatoms. The first-order chi connectivity index (χ1) is 13.7. The van der Waals surface area contributed by atoms with Crippen LogP contribution in [0.3, 0.4) is 0 Å². The van der Waals surface area contributed by atoms with Crippen molar-refractivity contribution in [3.05, 3.63) is 82.1 Å². The van der Waals surface area contributed by atoms with Gasteiger partial charge in [0.25, 0.3) is 5.56 Å². The number of carbonyl (C=O) groups is 1. The first-order valence-corrected chi connectivity index (χ1v) is 9.80. The maximum absolute atomic E-state index is 13.4. The van der Waals surface area contributed by atoms with E-state index in [1.807, 2.05) is 0 Å².